The molecule has 5 rings (SSSR count). The first kappa shape index (κ1) is 23.4. The van der Waals surface area contributed by atoms with E-state index in [1.54, 1.807) is 0 Å². The van der Waals surface area contributed by atoms with Crippen LogP contribution in [0, 0.1) is 0 Å². The Morgan fingerprint density at radius 1 is 0.971 bits per heavy atom. The van der Waals surface area contributed by atoms with Gasteiger partial charge in [0, 0.05) is 32.2 Å². The summed E-state index contributed by atoms with van der Waals surface area (Å²) < 4.78 is 60.9. The first-order valence-electron chi connectivity index (χ1n) is 11.5. The fourth-order valence-electron chi connectivity index (χ4n) is 4.57. The van der Waals surface area contributed by atoms with Gasteiger partial charge in [0.15, 0.2) is 0 Å². The topological polar surface area (TPSA) is 121 Å². The van der Waals surface area contributed by atoms with Crippen LogP contribution in [0.25, 0.3) is 11.0 Å². The number of hydrogen-bond acceptors (Lipinski definition) is 6. The van der Waals surface area contributed by atoms with E-state index < -0.39 is 20.0 Å². The highest BCUT2D eigenvalue weighted by Crippen LogP contribution is 2.30. The van der Waals surface area contributed by atoms with Gasteiger partial charge >= 0.3 is 0 Å². The molecule has 1 atom stereocenters. The van der Waals surface area contributed by atoms with Crippen LogP contribution in [0.15, 0.2) is 58.3 Å². The molecule has 1 unspecified atom stereocenters. The lowest BCUT2D eigenvalue weighted by atomic mass is 9.97. The molecule has 0 radical (unpaired) electrons. The number of aromatic nitrogens is 2. The van der Waals surface area contributed by atoms with Crippen LogP contribution in [0.2, 0.25) is 0 Å². The second kappa shape index (κ2) is 9.38. The molecule has 2 fully saturated rings. The molecule has 0 spiro atoms. The van der Waals surface area contributed by atoms with E-state index in [-0.39, 0.29) is 28.4 Å². The molecule has 1 aromatic heterocycles. The van der Waals surface area contributed by atoms with Crippen LogP contribution in [0.3, 0.4) is 0 Å². The molecule has 0 bridgehead atoms. The Morgan fingerprint density at radius 3 is 2.35 bits per heavy atom. The van der Waals surface area contributed by atoms with Crippen molar-refractivity contribution in [2.24, 2.45) is 0 Å². The molecule has 3 heterocycles. The fourth-order valence-corrected chi connectivity index (χ4v) is 7.10. The van der Waals surface area contributed by atoms with Gasteiger partial charge in [-0.25, -0.2) is 26.5 Å². The normalized spacial score (nSPS) is 20.8. The number of para-hydroxylation sites is 2. The highest BCUT2D eigenvalue weighted by Gasteiger charge is 2.31. The minimum atomic E-state index is -3.73. The van der Waals surface area contributed by atoms with E-state index >= 15 is 0 Å². The lowest BCUT2D eigenvalue weighted by molar-refractivity contribution is 0.114. The van der Waals surface area contributed by atoms with Gasteiger partial charge in [-0.05, 0) is 62.1 Å². The van der Waals surface area contributed by atoms with E-state index in [0.717, 1.165) is 29.7 Å². The summed E-state index contributed by atoms with van der Waals surface area (Å²) in [5, 5.41) is 0. The number of piperidine rings is 1. The van der Waals surface area contributed by atoms with E-state index in [2.05, 4.69) is 14.7 Å². The summed E-state index contributed by atoms with van der Waals surface area (Å²) in [7, 11) is -7.45. The molecule has 2 aliphatic heterocycles. The predicted octanol–water partition coefficient (Wildman–Crippen LogP) is 2.59. The molecule has 9 nitrogen and oxygen atoms in total. The molecule has 2 N–H and O–H groups in total. The van der Waals surface area contributed by atoms with Crippen LogP contribution >= 0.6 is 0 Å². The van der Waals surface area contributed by atoms with Gasteiger partial charge in [0.25, 0.3) is 0 Å². The second-order valence-corrected chi connectivity index (χ2v) is 12.5. The molecule has 2 saturated heterocycles. The zero-order chi connectivity index (χ0) is 23.8. The third kappa shape index (κ3) is 4.76. The summed E-state index contributed by atoms with van der Waals surface area (Å²) in [6.07, 6.45) is 2.97. The number of H-pyrrole nitrogens is 1. The predicted molar refractivity (Wildman–Crippen MR) is 127 cm³/mol. The van der Waals surface area contributed by atoms with Crippen molar-refractivity contribution < 1.29 is 21.6 Å². The number of ether oxygens (including phenoxy) is 1. The lowest BCUT2D eigenvalue weighted by Gasteiger charge is -2.30. The molecule has 11 heteroatoms. The van der Waals surface area contributed by atoms with E-state index in [0.29, 0.717) is 32.5 Å². The molecule has 0 amide bonds. The van der Waals surface area contributed by atoms with Crippen molar-refractivity contribution in [3.05, 3.63) is 54.4 Å². The minimum absolute atomic E-state index is 0.0352. The lowest BCUT2D eigenvalue weighted by Crippen LogP contribution is -2.38. The fraction of sp³-hybridized carbons (Fsp3) is 0.435. The summed E-state index contributed by atoms with van der Waals surface area (Å²) >= 11 is 0. The number of rotatable bonds is 7. The van der Waals surface area contributed by atoms with Crippen molar-refractivity contribution in [1.82, 2.24) is 19.0 Å². The molecule has 2 aliphatic rings. The minimum Gasteiger partial charge on any atom is -0.377 e. The Bertz CT molecular complexity index is 1320. The van der Waals surface area contributed by atoms with Crippen molar-refractivity contribution in [2.45, 2.75) is 47.5 Å². The van der Waals surface area contributed by atoms with Crippen molar-refractivity contribution >= 4 is 31.1 Å². The average molecular weight is 505 g/mol. The number of benzene rings is 2. The maximum atomic E-state index is 13.2. The number of fused-ring (bicyclic) bond motifs is 1. The molecule has 0 aliphatic carbocycles. The third-order valence-electron chi connectivity index (χ3n) is 6.55. The zero-order valence-corrected chi connectivity index (χ0v) is 20.3. The van der Waals surface area contributed by atoms with Crippen molar-refractivity contribution in [1.29, 1.82) is 0 Å². The van der Waals surface area contributed by atoms with E-state index in [1.807, 2.05) is 24.3 Å². The van der Waals surface area contributed by atoms with Crippen LogP contribution in [-0.2, 0) is 24.8 Å². The molecular formula is C23H28N4O5S2. The summed E-state index contributed by atoms with van der Waals surface area (Å²) in [5.74, 6) is 1.06. The maximum Gasteiger partial charge on any atom is 0.243 e. The number of nitrogens with one attached hydrogen (secondary N) is 2. The van der Waals surface area contributed by atoms with Crippen LogP contribution < -0.4 is 4.72 Å². The van der Waals surface area contributed by atoms with Crippen LogP contribution in [-0.4, -0.2) is 63.5 Å². The monoisotopic (exact) mass is 504 g/mol. The standard InChI is InChI=1S/C23H28N4O5S2/c28-33(29,24-16-18-4-3-15-32-18)19-7-9-20(10-8-19)34(30,31)27-13-11-17(12-14-27)23-25-21-5-1-2-6-22(21)26-23/h1-2,5-10,17-18,24H,3-4,11-16H2,(H,25,26). The van der Waals surface area contributed by atoms with Gasteiger partial charge in [-0.1, -0.05) is 12.1 Å². The number of nitrogens with zero attached hydrogens (tertiary/aromatic N) is 2. The van der Waals surface area contributed by atoms with Crippen LogP contribution in [0.5, 0.6) is 0 Å². The first-order valence-corrected chi connectivity index (χ1v) is 14.4. The zero-order valence-electron chi connectivity index (χ0n) is 18.7. The average Bonchev–Trinajstić information content (AvgIpc) is 3.53. The first-order chi connectivity index (χ1) is 16.3. The Morgan fingerprint density at radius 2 is 1.68 bits per heavy atom. The van der Waals surface area contributed by atoms with Gasteiger partial charge in [0.2, 0.25) is 20.0 Å². The maximum absolute atomic E-state index is 13.2. The summed E-state index contributed by atoms with van der Waals surface area (Å²) in [6, 6.07) is 13.2. The van der Waals surface area contributed by atoms with Gasteiger partial charge in [0.05, 0.1) is 26.9 Å². The summed E-state index contributed by atoms with van der Waals surface area (Å²) in [5.41, 5.74) is 1.89. The van der Waals surface area contributed by atoms with Crippen LogP contribution in [0.4, 0.5) is 0 Å². The summed E-state index contributed by atoms with van der Waals surface area (Å²) in [6.45, 7) is 1.62. The number of imidazole rings is 1. The van der Waals surface area contributed by atoms with Gasteiger partial charge in [-0.15, -0.1) is 0 Å². The Hall–Kier alpha value is -2.31. The molecule has 2 aromatic carbocycles. The summed E-state index contributed by atoms with van der Waals surface area (Å²) in [4.78, 5) is 8.14. The van der Waals surface area contributed by atoms with E-state index in [9.17, 15) is 16.8 Å². The molecule has 182 valence electrons. The SMILES string of the molecule is O=S(=O)(NCC1CCCO1)c1ccc(S(=O)(=O)N2CCC(c3nc4ccccc4[nH]3)CC2)cc1. The van der Waals surface area contributed by atoms with Gasteiger partial charge < -0.3 is 9.72 Å². The van der Waals surface area contributed by atoms with Crippen molar-refractivity contribution in [3.8, 4) is 0 Å². The Balaban J connectivity index is 1.23. The van der Waals surface area contributed by atoms with Crippen molar-refractivity contribution in [2.75, 3.05) is 26.2 Å². The number of aromatic amines is 1. The highest BCUT2D eigenvalue weighted by molar-refractivity contribution is 7.89. The largest absolute Gasteiger partial charge is 0.377 e. The quantitative estimate of drug-likeness (QED) is 0.510. The van der Waals surface area contributed by atoms with Gasteiger partial charge in [0.1, 0.15) is 5.82 Å². The van der Waals surface area contributed by atoms with E-state index in [1.165, 1.54) is 28.6 Å². The molecular weight excluding hydrogens is 476 g/mol. The molecule has 3 aromatic rings. The highest BCUT2D eigenvalue weighted by atomic mass is 32.2. The number of sulfonamides is 2. The Kier molecular flexibility index (Phi) is 6.47. The van der Waals surface area contributed by atoms with Gasteiger partial charge in [-0.3, -0.25) is 0 Å². The van der Waals surface area contributed by atoms with E-state index in [4.69, 9.17) is 4.74 Å². The van der Waals surface area contributed by atoms with Gasteiger partial charge in [-0.2, -0.15) is 4.31 Å². The Labute approximate surface area is 199 Å². The second-order valence-electron chi connectivity index (χ2n) is 8.78. The molecule has 34 heavy (non-hydrogen) atoms. The van der Waals surface area contributed by atoms with Crippen LogP contribution in [0.1, 0.15) is 37.4 Å². The smallest absolute Gasteiger partial charge is 0.243 e. The molecule has 0 saturated carbocycles. The third-order valence-corrected chi connectivity index (χ3v) is 9.90. The number of hydrogen-bond donors (Lipinski definition) is 2. The van der Waals surface area contributed by atoms with Crippen molar-refractivity contribution in [3.63, 3.8) is 0 Å².